The summed E-state index contributed by atoms with van der Waals surface area (Å²) in [4.78, 5) is 0. The molecule has 0 saturated carbocycles. The first-order chi connectivity index (χ1) is 14.6. The summed E-state index contributed by atoms with van der Waals surface area (Å²) >= 11 is 1.42. The third-order valence-electron chi connectivity index (χ3n) is 4.09. The fourth-order valence-corrected chi connectivity index (χ4v) is 3.15. The molecule has 0 aromatic heterocycles. The van der Waals surface area contributed by atoms with E-state index < -0.39 is 0 Å². The van der Waals surface area contributed by atoms with Crippen LogP contribution in [0.15, 0.2) is 83.0 Å². The largest absolute Gasteiger partial charge is 0.493 e. The Hall–Kier alpha value is -3.32. The lowest BCUT2D eigenvalue weighted by Crippen LogP contribution is -2.06. The molecule has 3 rings (SSSR count). The van der Waals surface area contributed by atoms with Crippen molar-refractivity contribution < 1.29 is 13.9 Å². The van der Waals surface area contributed by atoms with Crippen LogP contribution < -0.4 is 15.2 Å². The molecule has 3 aromatic carbocycles. The standard InChI is InChI=1S/C23H22FN3O2S/c1-28-21-12-9-19(13-22(21)29-15-17-7-10-20(24)11-8-17)14-26-27-23(25)30-16-18-5-3-2-4-6-18/h2-14H,15-16H2,1H3,(H2,25,27). The molecule has 0 aliphatic rings. The smallest absolute Gasteiger partial charge is 0.180 e. The Morgan fingerprint density at radius 1 is 1.00 bits per heavy atom. The van der Waals surface area contributed by atoms with E-state index in [-0.39, 0.29) is 5.82 Å². The van der Waals surface area contributed by atoms with Crippen molar-refractivity contribution in [3.8, 4) is 11.5 Å². The van der Waals surface area contributed by atoms with Crippen LogP contribution in [0, 0.1) is 5.82 Å². The highest BCUT2D eigenvalue weighted by molar-refractivity contribution is 8.13. The van der Waals surface area contributed by atoms with Gasteiger partial charge in [0.1, 0.15) is 12.4 Å². The van der Waals surface area contributed by atoms with Gasteiger partial charge in [-0.2, -0.15) is 5.10 Å². The van der Waals surface area contributed by atoms with E-state index in [1.54, 1.807) is 37.6 Å². The summed E-state index contributed by atoms with van der Waals surface area (Å²) in [5.74, 6) is 1.60. The van der Waals surface area contributed by atoms with Crippen LogP contribution in [0.25, 0.3) is 0 Å². The molecule has 5 nitrogen and oxygen atoms in total. The van der Waals surface area contributed by atoms with Crippen molar-refractivity contribution in [3.63, 3.8) is 0 Å². The van der Waals surface area contributed by atoms with E-state index in [0.29, 0.717) is 23.3 Å². The van der Waals surface area contributed by atoms with Gasteiger partial charge >= 0.3 is 0 Å². The molecule has 0 aliphatic heterocycles. The van der Waals surface area contributed by atoms with Crippen molar-refractivity contribution in [2.45, 2.75) is 12.4 Å². The molecule has 2 N–H and O–H groups in total. The Bertz CT molecular complexity index is 1010. The number of nitrogens with two attached hydrogens (primary N) is 1. The fraction of sp³-hybridized carbons (Fsp3) is 0.130. The molecule has 0 bridgehead atoms. The first-order valence-electron chi connectivity index (χ1n) is 9.22. The number of hydrogen-bond donors (Lipinski definition) is 1. The highest BCUT2D eigenvalue weighted by Crippen LogP contribution is 2.28. The average Bonchev–Trinajstić information content (AvgIpc) is 2.78. The number of thioether (sulfide) groups is 1. The molecular weight excluding hydrogens is 401 g/mol. The third kappa shape index (κ3) is 6.63. The Morgan fingerprint density at radius 3 is 2.50 bits per heavy atom. The van der Waals surface area contributed by atoms with Crippen molar-refractivity contribution in [2.75, 3.05) is 7.11 Å². The van der Waals surface area contributed by atoms with Crippen LogP contribution in [-0.4, -0.2) is 18.5 Å². The highest BCUT2D eigenvalue weighted by Gasteiger charge is 2.06. The summed E-state index contributed by atoms with van der Waals surface area (Å²) in [6.45, 7) is 0.290. The van der Waals surface area contributed by atoms with Gasteiger partial charge in [0.2, 0.25) is 0 Å². The minimum Gasteiger partial charge on any atom is -0.493 e. The van der Waals surface area contributed by atoms with Crippen LogP contribution in [0.3, 0.4) is 0 Å². The van der Waals surface area contributed by atoms with Crippen LogP contribution >= 0.6 is 11.8 Å². The van der Waals surface area contributed by atoms with Crippen molar-refractivity contribution in [3.05, 3.63) is 95.3 Å². The maximum atomic E-state index is 13.0. The van der Waals surface area contributed by atoms with Crippen LogP contribution in [0.1, 0.15) is 16.7 Å². The predicted molar refractivity (Wildman–Crippen MR) is 121 cm³/mol. The Morgan fingerprint density at radius 2 is 1.77 bits per heavy atom. The lowest BCUT2D eigenvalue weighted by Gasteiger charge is -2.11. The van der Waals surface area contributed by atoms with Gasteiger partial charge in [-0.05, 0) is 47.0 Å². The van der Waals surface area contributed by atoms with Crippen molar-refractivity contribution in [2.24, 2.45) is 15.9 Å². The SMILES string of the molecule is COc1ccc(C=NN=C(N)SCc2ccccc2)cc1OCc1ccc(F)cc1. The molecule has 0 aliphatic carbocycles. The lowest BCUT2D eigenvalue weighted by atomic mass is 10.2. The average molecular weight is 424 g/mol. The second kappa shape index (κ2) is 11.0. The van der Waals surface area contributed by atoms with E-state index in [1.807, 2.05) is 36.4 Å². The maximum absolute atomic E-state index is 13.0. The molecule has 154 valence electrons. The Labute approximate surface area is 179 Å². The van der Waals surface area contributed by atoms with Crippen LogP contribution in [0.5, 0.6) is 11.5 Å². The third-order valence-corrected chi connectivity index (χ3v) is 4.94. The van der Waals surface area contributed by atoms with Crippen molar-refractivity contribution in [1.29, 1.82) is 0 Å². The predicted octanol–water partition coefficient (Wildman–Crippen LogP) is 5.00. The first kappa shape index (κ1) is 21.4. The van der Waals surface area contributed by atoms with E-state index in [2.05, 4.69) is 10.2 Å². The van der Waals surface area contributed by atoms with Crippen molar-refractivity contribution >= 4 is 23.1 Å². The normalized spacial score (nSPS) is 11.6. The number of ether oxygens (including phenoxy) is 2. The van der Waals surface area contributed by atoms with Gasteiger partial charge in [0.15, 0.2) is 16.7 Å². The number of benzene rings is 3. The second-order valence-corrected chi connectivity index (χ2v) is 7.28. The summed E-state index contributed by atoms with van der Waals surface area (Å²) in [6.07, 6.45) is 1.60. The maximum Gasteiger partial charge on any atom is 0.180 e. The number of hydrogen-bond acceptors (Lipinski definition) is 5. The van der Waals surface area contributed by atoms with E-state index in [4.69, 9.17) is 15.2 Å². The topological polar surface area (TPSA) is 69.2 Å². The molecule has 0 heterocycles. The summed E-state index contributed by atoms with van der Waals surface area (Å²) in [7, 11) is 1.57. The van der Waals surface area contributed by atoms with Crippen LogP contribution in [-0.2, 0) is 12.4 Å². The van der Waals surface area contributed by atoms with Gasteiger partial charge < -0.3 is 15.2 Å². The van der Waals surface area contributed by atoms with Gasteiger partial charge in [0.05, 0.1) is 13.3 Å². The zero-order valence-electron chi connectivity index (χ0n) is 16.5. The molecule has 0 atom stereocenters. The van der Waals surface area contributed by atoms with Gasteiger partial charge in [0, 0.05) is 5.75 Å². The minimum absolute atomic E-state index is 0.281. The summed E-state index contributed by atoms with van der Waals surface area (Å²) < 4.78 is 24.2. The van der Waals surface area contributed by atoms with E-state index >= 15 is 0 Å². The minimum atomic E-state index is -0.281. The van der Waals surface area contributed by atoms with Crippen LogP contribution in [0.2, 0.25) is 0 Å². The fourth-order valence-electron chi connectivity index (χ4n) is 2.54. The number of halogens is 1. The number of methoxy groups -OCH3 is 1. The zero-order valence-corrected chi connectivity index (χ0v) is 17.3. The molecular formula is C23H22FN3O2S. The second-order valence-electron chi connectivity index (χ2n) is 6.28. The molecule has 0 saturated heterocycles. The summed E-state index contributed by atoms with van der Waals surface area (Å²) in [6, 6.07) is 21.6. The molecule has 30 heavy (non-hydrogen) atoms. The number of nitrogens with zero attached hydrogens (tertiary/aromatic N) is 2. The summed E-state index contributed by atoms with van der Waals surface area (Å²) in [5.41, 5.74) is 8.72. The molecule has 0 radical (unpaired) electrons. The Kier molecular flexibility index (Phi) is 7.86. The highest BCUT2D eigenvalue weighted by atomic mass is 32.2. The lowest BCUT2D eigenvalue weighted by molar-refractivity contribution is 0.284. The van der Waals surface area contributed by atoms with Gasteiger partial charge in [-0.25, -0.2) is 4.39 Å². The molecule has 7 heteroatoms. The van der Waals surface area contributed by atoms with Gasteiger partial charge in [-0.15, -0.1) is 5.10 Å². The van der Waals surface area contributed by atoms with Gasteiger partial charge in [-0.1, -0.05) is 54.2 Å². The van der Waals surface area contributed by atoms with Gasteiger partial charge in [0.25, 0.3) is 0 Å². The first-order valence-corrected chi connectivity index (χ1v) is 10.2. The quantitative estimate of drug-likeness (QED) is 0.315. The Balaban J connectivity index is 1.61. The van der Waals surface area contributed by atoms with E-state index in [0.717, 1.165) is 16.9 Å². The van der Waals surface area contributed by atoms with Gasteiger partial charge in [-0.3, -0.25) is 0 Å². The molecule has 0 spiro atoms. The molecule has 3 aromatic rings. The molecule has 0 fully saturated rings. The van der Waals surface area contributed by atoms with Crippen molar-refractivity contribution in [1.82, 2.24) is 0 Å². The van der Waals surface area contributed by atoms with E-state index in [9.17, 15) is 4.39 Å². The molecule has 0 amide bonds. The van der Waals surface area contributed by atoms with E-state index in [1.165, 1.54) is 29.5 Å². The van der Waals surface area contributed by atoms with Crippen LogP contribution in [0.4, 0.5) is 4.39 Å². The number of rotatable bonds is 8. The zero-order chi connectivity index (χ0) is 21.2. The summed E-state index contributed by atoms with van der Waals surface area (Å²) in [5, 5.41) is 8.47. The monoisotopic (exact) mass is 423 g/mol. The number of amidine groups is 1. The molecule has 0 unspecified atom stereocenters.